The number of fused-ring (bicyclic) bond motifs is 3. The summed E-state index contributed by atoms with van der Waals surface area (Å²) in [7, 11) is 3.66. The molecule has 4 heterocycles. The number of halogens is 1. The molecule has 2 unspecified atom stereocenters. The van der Waals surface area contributed by atoms with Gasteiger partial charge in [0.15, 0.2) is 5.82 Å². The van der Waals surface area contributed by atoms with Gasteiger partial charge in [-0.1, -0.05) is 18.2 Å². The van der Waals surface area contributed by atoms with Gasteiger partial charge in [0.2, 0.25) is 0 Å². The number of aromatic nitrogens is 4. The fourth-order valence-corrected chi connectivity index (χ4v) is 5.29. The van der Waals surface area contributed by atoms with Gasteiger partial charge in [0, 0.05) is 42.5 Å². The third-order valence-corrected chi connectivity index (χ3v) is 7.16. The van der Waals surface area contributed by atoms with Crippen LogP contribution in [0.3, 0.4) is 0 Å². The summed E-state index contributed by atoms with van der Waals surface area (Å²) in [4.78, 5) is 17.7. The quantitative estimate of drug-likeness (QED) is 0.504. The zero-order valence-electron chi connectivity index (χ0n) is 19.0. The minimum atomic E-state index is -0.593. The van der Waals surface area contributed by atoms with Crippen molar-refractivity contribution in [1.82, 2.24) is 24.9 Å². The van der Waals surface area contributed by atoms with Crippen molar-refractivity contribution in [3.63, 3.8) is 0 Å². The van der Waals surface area contributed by atoms with Gasteiger partial charge >= 0.3 is 0 Å². The van der Waals surface area contributed by atoms with E-state index in [0.717, 1.165) is 29.0 Å². The van der Waals surface area contributed by atoms with Crippen LogP contribution >= 0.6 is 0 Å². The van der Waals surface area contributed by atoms with Crippen molar-refractivity contribution < 1.29 is 9.13 Å². The molecular weight excluding hydrogens is 435 g/mol. The first-order valence-corrected chi connectivity index (χ1v) is 11.4. The number of nitrogens with one attached hydrogen (secondary N) is 1. The Morgan fingerprint density at radius 1 is 1.09 bits per heavy atom. The average molecular weight is 461 g/mol. The molecule has 2 atom stereocenters. The minimum absolute atomic E-state index is 0.0225. The first kappa shape index (κ1) is 20.9. The lowest BCUT2D eigenvalue weighted by atomic mass is 10.1. The average Bonchev–Trinajstić information content (AvgIpc) is 3.32. The van der Waals surface area contributed by atoms with E-state index in [1.54, 1.807) is 6.07 Å². The second kappa shape index (κ2) is 7.95. The van der Waals surface area contributed by atoms with Crippen LogP contribution in [0, 0.1) is 5.82 Å². The van der Waals surface area contributed by atoms with Gasteiger partial charge in [-0.05, 0) is 44.2 Å². The third kappa shape index (κ3) is 3.27. The van der Waals surface area contributed by atoms with Crippen molar-refractivity contribution >= 4 is 16.7 Å². The number of hydrogen-bond donors (Lipinski definition) is 1. The zero-order chi connectivity index (χ0) is 23.4. The van der Waals surface area contributed by atoms with Crippen LogP contribution in [0.1, 0.15) is 12.8 Å². The van der Waals surface area contributed by atoms with Crippen molar-refractivity contribution in [2.45, 2.75) is 24.9 Å². The number of rotatable bonds is 4. The molecule has 2 aliphatic rings. The van der Waals surface area contributed by atoms with E-state index in [1.807, 2.05) is 12.1 Å². The number of ether oxygens (including phenoxy) is 1. The summed E-state index contributed by atoms with van der Waals surface area (Å²) in [5.74, 6) is -0.365. The lowest BCUT2D eigenvalue weighted by molar-refractivity contribution is 0.212. The van der Waals surface area contributed by atoms with Crippen LogP contribution in [-0.4, -0.2) is 64.2 Å². The van der Waals surface area contributed by atoms with Crippen molar-refractivity contribution in [1.29, 1.82) is 0 Å². The standard InChI is InChI=1S/C25H25FN6O2/c1-30-17-9-10-18(30)14-31(13-17)16-6-3-5-15(11-16)23-24-20(27-28-23)12-22(33)32(29-24)25-19(26)7-4-8-21(25)34-2/h3-8,11-12,17-18,27H,9-10,13-14H2,1-2H3. The lowest BCUT2D eigenvalue weighted by Gasteiger charge is -2.40. The number of likely N-dealkylation sites (N-methyl/N-ethyl adjacent to an activating group) is 1. The summed E-state index contributed by atoms with van der Waals surface area (Å²) in [6, 6.07) is 15.2. The maximum atomic E-state index is 14.7. The Kier molecular flexibility index (Phi) is 4.88. The van der Waals surface area contributed by atoms with E-state index in [9.17, 15) is 9.18 Å². The molecule has 2 fully saturated rings. The van der Waals surface area contributed by atoms with E-state index in [0.29, 0.717) is 28.8 Å². The second-order valence-electron chi connectivity index (χ2n) is 9.03. The Morgan fingerprint density at radius 2 is 1.85 bits per heavy atom. The molecule has 2 bridgehead atoms. The monoisotopic (exact) mass is 460 g/mol. The number of methoxy groups -OCH3 is 1. The molecule has 174 valence electrons. The summed E-state index contributed by atoms with van der Waals surface area (Å²) in [5.41, 5.74) is 3.11. The van der Waals surface area contributed by atoms with Crippen LogP contribution < -0.4 is 15.2 Å². The Morgan fingerprint density at radius 3 is 2.62 bits per heavy atom. The highest BCUT2D eigenvalue weighted by Gasteiger charge is 2.37. The van der Waals surface area contributed by atoms with E-state index in [1.165, 1.54) is 38.2 Å². The van der Waals surface area contributed by atoms with Gasteiger partial charge in [-0.3, -0.25) is 14.8 Å². The summed E-state index contributed by atoms with van der Waals surface area (Å²) < 4.78 is 21.0. The summed E-state index contributed by atoms with van der Waals surface area (Å²) in [6.07, 6.45) is 2.48. The highest BCUT2D eigenvalue weighted by Crippen LogP contribution is 2.34. The number of nitrogens with zero attached hydrogens (tertiary/aromatic N) is 5. The number of piperazine rings is 1. The van der Waals surface area contributed by atoms with Crippen molar-refractivity contribution in [2.24, 2.45) is 0 Å². The van der Waals surface area contributed by atoms with Crippen LogP contribution in [0.4, 0.5) is 10.1 Å². The van der Waals surface area contributed by atoms with Gasteiger partial charge in [-0.25, -0.2) is 4.39 Å². The van der Waals surface area contributed by atoms with Crippen LogP contribution in [-0.2, 0) is 0 Å². The van der Waals surface area contributed by atoms with Crippen LogP contribution in [0.25, 0.3) is 28.0 Å². The van der Waals surface area contributed by atoms with E-state index >= 15 is 0 Å². The zero-order valence-corrected chi connectivity index (χ0v) is 19.0. The van der Waals surface area contributed by atoms with Crippen LogP contribution in [0.5, 0.6) is 5.75 Å². The SMILES string of the molecule is COc1cccc(F)c1-n1nc2c(-c3cccc(N4CC5CCC(C4)N5C)c3)n[nH]c2cc1=O. The molecule has 0 spiro atoms. The Labute approximate surface area is 195 Å². The highest BCUT2D eigenvalue weighted by atomic mass is 19.1. The molecule has 0 radical (unpaired) electrons. The summed E-state index contributed by atoms with van der Waals surface area (Å²) >= 11 is 0. The highest BCUT2D eigenvalue weighted by molar-refractivity contribution is 5.89. The van der Waals surface area contributed by atoms with Crippen LogP contribution in [0.2, 0.25) is 0 Å². The van der Waals surface area contributed by atoms with E-state index in [4.69, 9.17) is 4.74 Å². The number of H-pyrrole nitrogens is 1. The molecule has 0 saturated carbocycles. The molecule has 2 aromatic carbocycles. The number of aromatic amines is 1. The van der Waals surface area contributed by atoms with Gasteiger partial charge in [0.25, 0.3) is 5.56 Å². The predicted octanol–water partition coefficient (Wildman–Crippen LogP) is 3.21. The van der Waals surface area contributed by atoms with E-state index in [2.05, 4.69) is 44.3 Å². The van der Waals surface area contributed by atoms with Crippen molar-refractivity contribution in [2.75, 3.05) is 32.1 Å². The van der Waals surface area contributed by atoms with Gasteiger partial charge < -0.3 is 9.64 Å². The summed E-state index contributed by atoms with van der Waals surface area (Å²) in [5, 5.41) is 11.9. The van der Waals surface area contributed by atoms with E-state index < -0.39 is 11.4 Å². The topological polar surface area (TPSA) is 79.3 Å². The van der Waals surface area contributed by atoms with Crippen molar-refractivity contribution in [3.8, 4) is 22.7 Å². The molecule has 9 heteroatoms. The molecule has 6 rings (SSSR count). The smallest absolute Gasteiger partial charge is 0.273 e. The minimum Gasteiger partial charge on any atom is -0.494 e. The predicted molar refractivity (Wildman–Crippen MR) is 128 cm³/mol. The molecule has 4 aromatic rings. The number of hydrogen-bond acceptors (Lipinski definition) is 6. The fraction of sp³-hybridized carbons (Fsp3) is 0.320. The first-order chi connectivity index (χ1) is 16.5. The lowest BCUT2D eigenvalue weighted by Crippen LogP contribution is -2.52. The Bertz CT molecular complexity index is 1430. The molecule has 34 heavy (non-hydrogen) atoms. The number of anilines is 1. The molecule has 8 nitrogen and oxygen atoms in total. The maximum absolute atomic E-state index is 14.7. The van der Waals surface area contributed by atoms with Gasteiger partial charge in [0.1, 0.15) is 22.6 Å². The molecule has 1 N–H and O–H groups in total. The summed E-state index contributed by atoms with van der Waals surface area (Å²) in [6.45, 7) is 2.01. The Balaban J connectivity index is 1.43. The third-order valence-electron chi connectivity index (χ3n) is 7.16. The van der Waals surface area contributed by atoms with Gasteiger partial charge in [-0.15, -0.1) is 0 Å². The van der Waals surface area contributed by atoms with Gasteiger partial charge in [-0.2, -0.15) is 14.9 Å². The van der Waals surface area contributed by atoms with E-state index in [-0.39, 0.29) is 11.4 Å². The van der Waals surface area contributed by atoms with Crippen LogP contribution in [0.15, 0.2) is 53.3 Å². The molecule has 2 saturated heterocycles. The number of para-hydroxylation sites is 1. The normalized spacial score (nSPS) is 20.3. The fourth-order valence-electron chi connectivity index (χ4n) is 5.29. The Hall–Kier alpha value is -3.72. The molecule has 0 amide bonds. The number of benzene rings is 2. The molecule has 2 aliphatic heterocycles. The van der Waals surface area contributed by atoms with Crippen molar-refractivity contribution in [3.05, 3.63) is 64.7 Å². The first-order valence-electron chi connectivity index (χ1n) is 11.4. The molecule has 2 aromatic heterocycles. The molecular formula is C25H25FN6O2. The maximum Gasteiger partial charge on any atom is 0.273 e. The van der Waals surface area contributed by atoms with Gasteiger partial charge in [0.05, 0.1) is 12.6 Å². The largest absolute Gasteiger partial charge is 0.494 e. The second-order valence-corrected chi connectivity index (χ2v) is 9.03. The molecule has 0 aliphatic carbocycles.